The van der Waals surface area contributed by atoms with Gasteiger partial charge in [0.25, 0.3) is 0 Å². The lowest BCUT2D eigenvalue weighted by molar-refractivity contribution is -0.138. The Labute approximate surface area is 104 Å². The zero-order valence-corrected chi connectivity index (χ0v) is 10.6. The smallest absolute Gasteiger partial charge is 0.375 e. The molecule has 1 aliphatic heterocycles. The second-order valence-electron chi connectivity index (χ2n) is 5.07. The third-order valence-corrected chi connectivity index (χ3v) is 2.73. The van der Waals surface area contributed by atoms with E-state index in [9.17, 15) is 18.0 Å². The van der Waals surface area contributed by atoms with E-state index in [1.807, 2.05) is 19.2 Å². The van der Waals surface area contributed by atoms with Gasteiger partial charge in [-0.2, -0.15) is 13.2 Å². The van der Waals surface area contributed by atoms with Crippen molar-refractivity contribution in [1.82, 2.24) is 10.6 Å². The van der Waals surface area contributed by atoms with Crippen LogP contribution in [0.25, 0.3) is 0 Å². The molecule has 0 bridgehead atoms. The number of halogens is 3. The van der Waals surface area contributed by atoms with Gasteiger partial charge in [-0.15, -0.1) is 0 Å². The molecule has 7 heteroatoms. The monoisotopic (exact) mass is 268 g/mol. The maximum absolute atomic E-state index is 11.9. The van der Waals surface area contributed by atoms with E-state index in [2.05, 4.69) is 5.32 Å². The molecule has 1 rings (SSSR count). The lowest BCUT2D eigenvalue weighted by Crippen LogP contribution is -2.47. The molecule has 0 aliphatic carbocycles. The highest BCUT2D eigenvalue weighted by Gasteiger charge is 2.30. The van der Waals surface area contributed by atoms with Crippen molar-refractivity contribution in [3.05, 3.63) is 0 Å². The van der Waals surface area contributed by atoms with E-state index in [0.717, 1.165) is 12.8 Å². The summed E-state index contributed by atoms with van der Waals surface area (Å²) in [5.74, 6) is -0.642. The van der Waals surface area contributed by atoms with Crippen molar-refractivity contribution >= 4 is 5.91 Å². The average molecular weight is 268 g/mol. The SMILES string of the molecule is CC1(C)CC(NCC(=O)NCC(F)(F)F)CCO1. The van der Waals surface area contributed by atoms with Gasteiger partial charge in [0.1, 0.15) is 6.54 Å². The Kier molecular flexibility index (Phi) is 4.98. The maximum atomic E-state index is 11.9. The Morgan fingerprint density at radius 3 is 2.67 bits per heavy atom. The molecule has 0 saturated carbocycles. The number of ether oxygens (including phenoxy) is 1. The lowest BCUT2D eigenvalue weighted by atomic mass is 9.94. The summed E-state index contributed by atoms with van der Waals surface area (Å²) in [6.45, 7) is 3.10. The first-order valence-electron chi connectivity index (χ1n) is 5.89. The highest BCUT2D eigenvalue weighted by atomic mass is 19.4. The summed E-state index contributed by atoms with van der Waals surface area (Å²) < 4.78 is 41.1. The van der Waals surface area contributed by atoms with Crippen molar-refractivity contribution in [1.29, 1.82) is 0 Å². The van der Waals surface area contributed by atoms with Crippen LogP contribution in [0.4, 0.5) is 13.2 Å². The Hall–Kier alpha value is -0.820. The number of alkyl halides is 3. The summed E-state index contributed by atoms with van der Waals surface area (Å²) >= 11 is 0. The lowest BCUT2D eigenvalue weighted by Gasteiger charge is -2.35. The molecule has 1 atom stereocenters. The van der Waals surface area contributed by atoms with E-state index < -0.39 is 18.6 Å². The van der Waals surface area contributed by atoms with Gasteiger partial charge in [-0.05, 0) is 26.7 Å². The van der Waals surface area contributed by atoms with Crippen LogP contribution in [0.1, 0.15) is 26.7 Å². The van der Waals surface area contributed by atoms with Crippen LogP contribution in [0.2, 0.25) is 0 Å². The second kappa shape index (κ2) is 5.88. The summed E-state index contributed by atoms with van der Waals surface area (Å²) in [4.78, 5) is 11.2. The molecule has 1 unspecified atom stereocenters. The predicted octanol–water partition coefficient (Wildman–Crippen LogP) is 1.21. The molecule has 18 heavy (non-hydrogen) atoms. The maximum Gasteiger partial charge on any atom is 0.405 e. The topological polar surface area (TPSA) is 50.4 Å². The normalized spacial score (nSPS) is 23.7. The number of hydrogen-bond donors (Lipinski definition) is 2. The van der Waals surface area contributed by atoms with Crippen molar-refractivity contribution in [3.8, 4) is 0 Å². The minimum Gasteiger partial charge on any atom is -0.375 e. The van der Waals surface area contributed by atoms with Gasteiger partial charge < -0.3 is 15.4 Å². The molecule has 1 fully saturated rings. The molecular formula is C11H19F3N2O2. The van der Waals surface area contributed by atoms with E-state index in [-0.39, 0.29) is 18.2 Å². The van der Waals surface area contributed by atoms with Crippen LogP contribution in [-0.4, -0.2) is 43.4 Å². The van der Waals surface area contributed by atoms with Crippen molar-refractivity contribution in [2.75, 3.05) is 19.7 Å². The molecule has 0 radical (unpaired) electrons. The van der Waals surface area contributed by atoms with E-state index in [4.69, 9.17) is 4.74 Å². The summed E-state index contributed by atoms with van der Waals surface area (Å²) in [6, 6.07) is 0.102. The van der Waals surface area contributed by atoms with Crippen LogP contribution in [0.5, 0.6) is 0 Å². The van der Waals surface area contributed by atoms with E-state index in [0.29, 0.717) is 6.61 Å². The van der Waals surface area contributed by atoms with Crippen LogP contribution in [0.3, 0.4) is 0 Å². The van der Waals surface area contributed by atoms with Gasteiger partial charge in [0.15, 0.2) is 0 Å². The summed E-state index contributed by atoms with van der Waals surface area (Å²) in [6.07, 6.45) is -2.87. The largest absolute Gasteiger partial charge is 0.405 e. The number of hydrogen-bond acceptors (Lipinski definition) is 3. The van der Waals surface area contributed by atoms with Gasteiger partial charge in [0, 0.05) is 12.6 Å². The molecule has 1 aliphatic rings. The van der Waals surface area contributed by atoms with Gasteiger partial charge in [-0.1, -0.05) is 0 Å². The van der Waals surface area contributed by atoms with Crippen molar-refractivity contribution in [3.63, 3.8) is 0 Å². The van der Waals surface area contributed by atoms with Gasteiger partial charge in [-0.25, -0.2) is 0 Å². The Balaban J connectivity index is 2.22. The average Bonchev–Trinajstić information content (AvgIpc) is 2.21. The van der Waals surface area contributed by atoms with Crippen LogP contribution in [0.15, 0.2) is 0 Å². The van der Waals surface area contributed by atoms with Crippen molar-refractivity contribution < 1.29 is 22.7 Å². The summed E-state index contributed by atoms with van der Waals surface area (Å²) in [7, 11) is 0. The van der Waals surface area contributed by atoms with Crippen LogP contribution >= 0.6 is 0 Å². The number of carbonyl (C=O) groups is 1. The van der Waals surface area contributed by atoms with E-state index in [1.54, 1.807) is 0 Å². The van der Waals surface area contributed by atoms with Crippen molar-refractivity contribution in [2.24, 2.45) is 0 Å². The van der Waals surface area contributed by atoms with Gasteiger partial charge in [-0.3, -0.25) is 4.79 Å². The number of carbonyl (C=O) groups excluding carboxylic acids is 1. The molecule has 0 spiro atoms. The Morgan fingerprint density at radius 1 is 1.44 bits per heavy atom. The number of nitrogens with one attached hydrogen (secondary N) is 2. The third-order valence-electron chi connectivity index (χ3n) is 2.73. The molecule has 106 valence electrons. The standard InChI is InChI=1S/C11H19F3N2O2/c1-10(2)5-8(3-4-18-10)15-6-9(17)16-7-11(12,13)14/h8,15H,3-7H2,1-2H3,(H,16,17). The second-order valence-corrected chi connectivity index (χ2v) is 5.07. The fourth-order valence-electron chi connectivity index (χ4n) is 1.90. The molecule has 2 N–H and O–H groups in total. The van der Waals surface area contributed by atoms with Crippen LogP contribution in [-0.2, 0) is 9.53 Å². The molecule has 4 nitrogen and oxygen atoms in total. The minimum absolute atomic E-state index is 0.100. The molecule has 1 heterocycles. The van der Waals surface area contributed by atoms with Gasteiger partial charge >= 0.3 is 6.18 Å². The zero-order chi connectivity index (χ0) is 13.8. The predicted molar refractivity (Wildman–Crippen MR) is 60.1 cm³/mol. The highest BCUT2D eigenvalue weighted by Crippen LogP contribution is 2.23. The van der Waals surface area contributed by atoms with Crippen molar-refractivity contribution in [2.45, 2.75) is 44.5 Å². The first kappa shape index (κ1) is 15.2. The fourth-order valence-corrected chi connectivity index (χ4v) is 1.90. The molecule has 0 aromatic heterocycles. The first-order valence-corrected chi connectivity index (χ1v) is 5.89. The van der Waals surface area contributed by atoms with Crippen LogP contribution in [0, 0.1) is 0 Å². The van der Waals surface area contributed by atoms with E-state index in [1.165, 1.54) is 0 Å². The fraction of sp³-hybridized carbons (Fsp3) is 0.909. The molecule has 0 aromatic rings. The number of rotatable bonds is 4. The van der Waals surface area contributed by atoms with E-state index >= 15 is 0 Å². The van der Waals surface area contributed by atoms with Crippen LogP contribution < -0.4 is 10.6 Å². The third kappa shape index (κ3) is 6.20. The summed E-state index contributed by atoms with van der Waals surface area (Å²) in [5.41, 5.74) is -0.252. The quantitative estimate of drug-likeness (QED) is 0.806. The molecular weight excluding hydrogens is 249 g/mol. The number of amides is 1. The Morgan fingerprint density at radius 2 is 2.11 bits per heavy atom. The minimum atomic E-state index is -4.36. The molecule has 1 amide bonds. The Bertz CT molecular complexity index is 293. The molecule has 1 saturated heterocycles. The summed E-state index contributed by atoms with van der Waals surface area (Å²) in [5, 5.41) is 4.78. The van der Waals surface area contributed by atoms with Gasteiger partial charge in [0.05, 0.1) is 12.1 Å². The first-order chi connectivity index (χ1) is 8.18. The van der Waals surface area contributed by atoms with Gasteiger partial charge in [0.2, 0.25) is 5.91 Å². The molecule has 0 aromatic carbocycles. The highest BCUT2D eigenvalue weighted by molar-refractivity contribution is 5.78. The zero-order valence-electron chi connectivity index (χ0n) is 10.6.